The molecule has 6 heteroatoms. The first-order valence-corrected chi connectivity index (χ1v) is 6.77. The van der Waals surface area contributed by atoms with Gasteiger partial charge in [0.05, 0.1) is 6.54 Å². The number of nitrogens with one attached hydrogen (secondary N) is 1. The molecule has 2 heterocycles. The van der Waals surface area contributed by atoms with Gasteiger partial charge in [-0.25, -0.2) is 0 Å². The van der Waals surface area contributed by atoms with E-state index in [2.05, 4.69) is 46.6 Å². The monoisotopic (exact) mass is 329 g/mol. The largest absolute Gasteiger partial charge is 0.359 e. The van der Waals surface area contributed by atoms with Gasteiger partial charge < -0.3 is 9.84 Å². The number of hydrogen-bond acceptors (Lipinski definition) is 4. The summed E-state index contributed by atoms with van der Waals surface area (Å²) in [6.07, 6.45) is 0. The van der Waals surface area contributed by atoms with Crippen LogP contribution in [0.15, 0.2) is 34.9 Å². The molecule has 0 amide bonds. The Hall–Kier alpha value is -1.07. The summed E-state index contributed by atoms with van der Waals surface area (Å²) in [5.74, 6) is 0.942. The molecule has 0 atom stereocenters. The van der Waals surface area contributed by atoms with Crippen LogP contribution >= 0.6 is 24.8 Å². The highest BCUT2D eigenvalue weighted by Gasteiger charge is 2.13. The van der Waals surface area contributed by atoms with Crippen molar-refractivity contribution in [3.63, 3.8) is 0 Å². The fourth-order valence-electron chi connectivity index (χ4n) is 2.34. The maximum Gasteiger partial charge on any atom is 0.151 e. The summed E-state index contributed by atoms with van der Waals surface area (Å²) in [6.45, 7) is 7.18. The van der Waals surface area contributed by atoms with E-state index in [9.17, 15) is 0 Å². The summed E-state index contributed by atoms with van der Waals surface area (Å²) in [6, 6.07) is 10.4. The van der Waals surface area contributed by atoms with Crippen LogP contribution in [0.25, 0.3) is 11.3 Å². The van der Waals surface area contributed by atoms with Gasteiger partial charge in [0.25, 0.3) is 0 Å². The van der Waals surface area contributed by atoms with Crippen LogP contribution in [0.4, 0.5) is 0 Å². The Morgan fingerprint density at radius 2 is 1.81 bits per heavy atom. The lowest BCUT2D eigenvalue weighted by atomic mass is 10.1. The zero-order chi connectivity index (χ0) is 13.1. The molecule has 0 spiro atoms. The van der Waals surface area contributed by atoms with Gasteiger partial charge in [-0.15, -0.1) is 24.8 Å². The lowest BCUT2D eigenvalue weighted by Crippen LogP contribution is -2.42. The van der Waals surface area contributed by atoms with E-state index in [1.54, 1.807) is 0 Å². The quantitative estimate of drug-likeness (QED) is 0.940. The van der Waals surface area contributed by atoms with Crippen molar-refractivity contribution in [2.75, 3.05) is 26.2 Å². The van der Waals surface area contributed by atoms with Crippen LogP contribution in [0.2, 0.25) is 0 Å². The molecule has 1 aromatic carbocycles. The fourth-order valence-corrected chi connectivity index (χ4v) is 2.34. The van der Waals surface area contributed by atoms with Gasteiger partial charge in [0.1, 0.15) is 5.69 Å². The molecule has 2 aromatic rings. The Bertz CT molecular complexity index is 536. The normalized spacial score (nSPS) is 15.1. The van der Waals surface area contributed by atoms with Gasteiger partial charge in [-0.1, -0.05) is 35.0 Å². The zero-order valence-electron chi connectivity index (χ0n) is 12.0. The van der Waals surface area contributed by atoms with E-state index in [1.165, 1.54) is 5.56 Å². The Balaban J connectivity index is 0.00000110. The van der Waals surface area contributed by atoms with Gasteiger partial charge in [-0.3, -0.25) is 4.90 Å². The molecule has 1 saturated heterocycles. The van der Waals surface area contributed by atoms with Gasteiger partial charge in [0, 0.05) is 37.8 Å². The van der Waals surface area contributed by atoms with Crippen molar-refractivity contribution in [3.05, 3.63) is 41.7 Å². The maximum atomic E-state index is 5.44. The van der Waals surface area contributed by atoms with Crippen molar-refractivity contribution in [2.24, 2.45) is 0 Å². The second-order valence-corrected chi connectivity index (χ2v) is 5.07. The first-order chi connectivity index (χ1) is 9.31. The van der Waals surface area contributed by atoms with Crippen LogP contribution in [0, 0.1) is 6.92 Å². The fraction of sp³-hybridized carbons (Fsp3) is 0.400. The van der Waals surface area contributed by atoms with Crippen LogP contribution in [-0.4, -0.2) is 36.2 Å². The van der Waals surface area contributed by atoms with E-state index in [-0.39, 0.29) is 24.8 Å². The predicted molar refractivity (Wildman–Crippen MR) is 89.3 cm³/mol. The minimum Gasteiger partial charge on any atom is -0.359 e. The Labute approximate surface area is 137 Å². The SMILES string of the molecule is Cc1ccc(-c2cc(CN3CCNCC3)on2)cc1.Cl.Cl. The van der Waals surface area contributed by atoms with Crippen molar-refractivity contribution in [1.29, 1.82) is 0 Å². The summed E-state index contributed by atoms with van der Waals surface area (Å²) >= 11 is 0. The Morgan fingerprint density at radius 3 is 2.48 bits per heavy atom. The van der Waals surface area contributed by atoms with Gasteiger partial charge in [0.15, 0.2) is 5.76 Å². The summed E-state index contributed by atoms with van der Waals surface area (Å²) in [7, 11) is 0. The van der Waals surface area contributed by atoms with E-state index >= 15 is 0 Å². The average Bonchev–Trinajstić information content (AvgIpc) is 2.89. The number of halogens is 2. The average molecular weight is 330 g/mol. The molecule has 21 heavy (non-hydrogen) atoms. The van der Waals surface area contributed by atoms with Crippen LogP contribution in [0.1, 0.15) is 11.3 Å². The number of rotatable bonds is 3. The number of benzene rings is 1. The van der Waals surface area contributed by atoms with Crippen molar-refractivity contribution in [3.8, 4) is 11.3 Å². The Kier molecular flexibility index (Phi) is 7.18. The highest BCUT2D eigenvalue weighted by atomic mass is 35.5. The molecule has 0 unspecified atom stereocenters. The number of piperazine rings is 1. The maximum absolute atomic E-state index is 5.44. The van der Waals surface area contributed by atoms with Crippen LogP contribution < -0.4 is 5.32 Å². The van der Waals surface area contributed by atoms with E-state index in [0.717, 1.165) is 49.7 Å². The van der Waals surface area contributed by atoms with Crippen LogP contribution in [0.5, 0.6) is 0 Å². The molecule has 1 aromatic heterocycles. The van der Waals surface area contributed by atoms with Gasteiger partial charge in [-0.05, 0) is 6.92 Å². The molecule has 3 rings (SSSR count). The van der Waals surface area contributed by atoms with Gasteiger partial charge in [0.2, 0.25) is 0 Å². The first-order valence-electron chi connectivity index (χ1n) is 6.77. The third kappa shape index (κ3) is 4.71. The molecule has 4 nitrogen and oxygen atoms in total. The predicted octanol–water partition coefficient (Wildman–Crippen LogP) is 2.90. The summed E-state index contributed by atoms with van der Waals surface area (Å²) in [5, 5.41) is 7.51. The molecule has 1 N–H and O–H groups in total. The smallest absolute Gasteiger partial charge is 0.151 e. The lowest BCUT2D eigenvalue weighted by Gasteiger charge is -2.25. The standard InChI is InChI=1S/C15H19N3O.2ClH/c1-12-2-4-13(5-3-12)15-10-14(19-17-15)11-18-8-6-16-7-9-18;;/h2-5,10,16H,6-9,11H2,1H3;2*1H. The molecule has 116 valence electrons. The number of nitrogens with zero attached hydrogens (tertiary/aromatic N) is 2. The van der Waals surface area contributed by atoms with E-state index in [0.29, 0.717) is 0 Å². The lowest BCUT2D eigenvalue weighted by molar-refractivity contribution is 0.207. The van der Waals surface area contributed by atoms with E-state index in [4.69, 9.17) is 4.52 Å². The molecule has 1 aliphatic heterocycles. The van der Waals surface area contributed by atoms with Crippen molar-refractivity contribution in [2.45, 2.75) is 13.5 Å². The minimum atomic E-state index is 0. The second-order valence-electron chi connectivity index (χ2n) is 5.07. The van der Waals surface area contributed by atoms with Gasteiger partial charge in [-0.2, -0.15) is 0 Å². The first kappa shape index (κ1) is 18.0. The second kappa shape index (κ2) is 8.39. The van der Waals surface area contributed by atoms with Crippen LogP contribution in [0.3, 0.4) is 0 Å². The zero-order valence-corrected chi connectivity index (χ0v) is 13.7. The highest BCUT2D eigenvalue weighted by Crippen LogP contribution is 2.20. The number of aromatic nitrogens is 1. The summed E-state index contributed by atoms with van der Waals surface area (Å²) in [4.78, 5) is 2.38. The summed E-state index contributed by atoms with van der Waals surface area (Å²) < 4.78 is 5.44. The minimum absolute atomic E-state index is 0. The Morgan fingerprint density at radius 1 is 1.14 bits per heavy atom. The number of aryl methyl sites for hydroxylation is 1. The topological polar surface area (TPSA) is 41.3 Å². The molecular formula is C15H21Cl2N3O. The van der Waals surface area contributed by atoms with Crippen LogP contribution in [-0.2, 0) is 6.54 Å². The van der Waals surface area contributed by atoms with E-state index in [1.807, 2.05) is 6.07 Å². The summed E-state index contributed by atoms with van der Waals surface area (Å²) in [5.41, 5.74) is 3.29. The van der Waals surface area contributed by atoms with Gasteiger partial charge >= 0.3 is 0 Å². The highest BCUT2D eigenvalue weighted by molar-refractivity contribution is 5.85. The third-order valence-corrected chi connectivity index (χ3v) is 3.50. The molecule has 0 aliphatic carbocycles. The third-order valence-electron chi connectivity index (χ3n) is 3.50. The van der Waals surface area contributed by atoms with Crippen molar-refractivity contribution >= 4 is 24.8 Å². The number of hydrogen-bond donors (Lipinski definition) is 1. The van der Waals surface area contributed by atoms with E-state index < -0.39 is 0 Å². The molecule has 0 bridgehead atoms. The molecule has 1 aliphatic rings. The molecule has 1 fully saturated rings. The molecular weight excluding hydrogens is 309 g/mol. The molecule has 0 radical (unpaired) electrons. The molecule has 0 saturated carbocycles. The van der Waals surface area contributed by atoms with Crippen molar-refractivity contribution in [1.82, 2.24) is 15.4 Å². The van der Waals surface area contributed by atoms with Crippen molar-refractivity contribution < 1.29 is 4.52 Å².